The molecule has 90 valence electrons. The summed E-state index contributed by atoms with van der Waals surface area (Å²) in [6, 6.07) is 21.0. The van der Waals surface area contributed by atoms with E-state index >= 15 is 0 Å². The smallest absolute Gasteiger partial charge is 0.0687 e. The van der Waals surface area contributed by atoms with Gasteiger partial charge in [0.25, 0.3) is 0 Å². The molecule has 0 heterocycles. The van der Waals surface area contributed by atoms with E-state index in [-0.39, 0.29) is 5.41 Å². The second kappa shape index (κ2) is 5.06. The van der Waals surface area contributed by atoms with E-state index in [9.17, 15) is 0 Å². The first kappa shape index (κ1) is 12.4. The molecule has 1 heteroatoms. The molecule has 0 N–H and O–H groups in total. The summed E-state index contributed by atoms with van der Waals surface area (Å²) in [5.74, 6) is 0. The lowest BCUT2D eigenvalue weighted by atomic mass is 9.84. The molecule has 0 unspecified atom stereocenters. The summed E-state index contributed by atoms with van der Waals surface area (Å²) < 4.78 is 0. The summed E-state index contributed by atoms with van der Waals surface area (Å²) >= 11 is 0. The van der Waals surface area contributed by atoms with Gasteiger partial charge in [0, 0.05) is 0 Å². The fraction of sp³-hybridized carbons (Fsp3) is 0.235. The van der Waals surface area contributed by atoms with Crippen LogP contribution in [0.15, 0.2) is 54.6 Å². The van der Waals surface area contributed by atoms with Crippen LogP contribution in [0.5, 0.6) is 0 Å². The fourth-order valence-electron chi connectivity index (χ4n) is 2.09. The van der Waals surface area contributed by atoms with E-state index in [2.05, 4.69) is 30.3 Å². The van der Waals surface area contributed by atoms with E-state index in [1.807, 2.05) is 44.2 Å². The van der Waals surface area contributed by atoms with Crippen molar-refractivity contribution in [2.24, 2.45) is 5.41 Å². The maximum Gasteiger partial charge on any atom is 0.0687 e. The molecule has 0 fully saturated rings. The van der Waals surface area contributed by atoms with Crippen molar-refractivity contribution in [2.75, 3.05) is 0 Å². The number of hydrogen-bond donors (Lipinski definition) is 0. The Kier molecular flexibility index (Phi) is 3.48. The summed E-state index contributed by atoms with van der Waals surface area (Å²) in [5, 5.41) is 9.17. The minimum absolute atomic E-state index is 0.328. The van der Waals surface area contributed by atoms with Crippen molar-refractivity contribution in [3.05, 3.63) is 60.2 Å². The molecule has 0 radical (unpaired) electrons. The van der Waals surface area contributed by atoms with Gasteiger partial charge in [-0.1, -0.05) is 54.6 Å². The van der Waals surface area contributed by atoms with Crippen molar-refractivity contribution in [1.82, 2.24) is 0 Å². The molecule has 18 heavy (non-hydrogen) atoms. The number of hydrogen-bond acceptors (Lipinski definition) is 1. The highest BCUT2D eigenvalue weighted by molar-refractivity contribution is 5.67. The van der Waals surface area contributed by atoms with Crippen molar-refractivity contribution >= 4 is 0 Å². The highest BCUT2D eigenvalue weighted by Gasteiger charge is 2.19. The molecule has 2 aromatic rings. The Balaban J connectivity index is 2.42. The van der Waals surface area contributed by atoms with Gasteiger partial charge in [-0.05, 0) is 37.0 Å². The molecule has 0 atom stereocenters. The molecule has 0 aliphatic heterocycles. The largest absolute Gasteiger partial charge is 0.198 e. The zero-order valence-corrected chi connectivity index (χ0v) is 10.9. The fourth-order valence-corrected chi connectivity index (χ4v) is 2.09. The van der Waals surface area contributed by atoms with E-state index in [4.69, 9.17) is 5.26 Å². The van der Waals surface area contributed by atoms with Gasteiger partial charge in [-0.2, -0.15) is 5.26 Å². The molecule has 0 amide bonds. The van der Waals surface area contributed by atoms with Crippen LogP contribution in [0.2, 0.25) is 0 Å². The SMILES string of the molecule is CC(C)(C#N)Cc1ccccc1-c1ccccc1. The zero-order chi connectivity index (χ0) is 13.0. The molecule has 0 saturated heterocycles. The Bertz CT molecular complexity index is 562. The molecule has 0 aliphatic rings. The topological polar surface area (TPSA) is 23.8 Å². The summed E-state index contributed by atoms with van der Waals surface area (Å²) in [7, 11) is 0. The van der Waals surface area contributed by atoms with Crippen LogP contribution in [0.3, 0.4) is 0 Å². The predicted octanol–water partition coefficient (Wildman–Crippen LogP) is 4.45. The van der Waals surface area contributed by atoms with Crippen molar-refractivity contribution in [1.29, 1.82) is 5.26 Å². The molecule has 0 spiro atoms. The maximum atomic E-state index is 9.17. The summed E-state index contributed by atoms with van der Waals surface area (Å²) in [4.78, 5) is 0. The number of nitriles is 1. The molecule has 1 nitrogen and oxygen atoms in total. The molecule has 0 aromatic heterocycles. The highest BCUT2D eigenvalue weighted by atomic mass is 14.3. The first-order chi connectivity index (χ1) is 8.62. The van der Waals surface area contributed by atoms with Gasteiger partial charge in [-0.25, -0.2) is 0 Å². The lowest BCUT2D eigenvalue weighted by molar-refractivity contribution is 0.494. The quantitative estimate of drug-likeness (QED) is 0.771. The summed E-state index contributed by atoms with van der Waals surface area (Å²) in [5.41, 5.74) is 3.34. The van der Waals surface area contributed by atoms with Gasteiger partial charge in [0.05, 0.1) is 11.5 Å². The van der Waals surface area contributed by atoms with Crippen LogP contribution in [0.4, 0.5) is 0 Å². The van der Waals surface area contributed by atoms with E-state index < -0.39 is 0 Å². The maximum absolute atomic E-state index is 9.17. The van der Waals surface area contributed by atoms with Gasteiger partial charge in [0.2, 0.25) is 0 Å². The Labute approximate surface area is 109 Å². The first-order valence-corrected chi connectivity index (χ1v) is 6.17. The number of benzene rings is 2. The van der Waals surface area contributed by atoms with Gasteiger partial charge in [-0.15, -0.1) is 0 Å². The minimum atomic E-state index is -0.328. The molecular weight excluding hydrogens is 218 g/mol. The third-order valence-corrected chi connectivity index (χ3v) is 3.04. The highest BCUT2D eigenvalue weighted by Crippen LogP contribution is 2.29. The van der Waals surface area contributed by atoms with Crippen molar-refractivity contribution in [3.8, 4) is 17.2 Å². The van der Waals surface area contributed by atoms with Crippen molar-refractivity contribution < 1.29 is 0 Å². The third kappa shape index (κ3) is 2.78. The monoisotopic (exact) mass is 235 g/mol. The Hall–Kier alpha value is -2.07. The second-order valence-corrected chi connectivity index (χ2v) is 5.20. The van der Waals surface area contributed by atoms with Gasteiger partial charge >= 0.3 is 0 Å². The van der Waals surface area contributed by atoms with Crippen molar-refractivity contribution in [2.45, 2.75) is 20.3 Å². The predicted molar refractivity (Wildman–Crippen MR) is 75.0 cm³/mol. The Morgan fingerprint density at radius 2 is 1.56 bits per heavy atom. The van der Waals surface area contributed by atoms with Gasteiger partial charge < -0.3 is 0 Å². The minimum Gasteiger partial charge on any atom is -0.198 e. The molecular formula is C17H17N. The average molecular weight is 235 g/mol. The van der Waals surface area contributed by atoms with Gasteiger partial charge in [0.15, 0.2) is 0 Å². The first-order valence-electron chi connectivity index (χ1n) is 6.17. The summed E-state index contributed by atoms with van der Waals surface area (Å²) in [6.07, 6.45) is 0.772. The zero-order valence-electron chi connectivity index (χ0n) is 10.9. The van der Waals surface area contributed by atoms with Crippen LogP contribution >= 0.6 is 0 Å². The van der Waals surface area contributed by atoms with Crippen LogP contribution in [0.1, 0.15) is 19.4 Å². The van der Waals surface area contributed by atoms with E-state index in [0.717, 1.165) is 6.42 Å². The number of nitrogens with zero attached hydrogens (tertiary/aromatic N) is 1. The lowest BCUT2D eigenvalue weighted by Crippen LogP contribution is -2.12. The van der Waals surface area contributed by atoms with Crippen LogP contribution in [-0.2, 0) is 6.42 Å². The molecule has 0 saturated carbocycles. The Morgan fingerprint density at radius 3 is 2.22 bits per heavy atom. The molecule has 0 aliphatic carbocycles. The van der Waals surface area contributed by atoms with E-state index in [0.29, 0.717) is 0 Å². The summed E-state index contributed by atoms with van der Waals surface area (Å²) in [6.45, 7) is 3.96. The van der Waals surface area contributed by atoms with E-state index in [1.54, 1.807) is 0 Å². The van der Waals surface area contributed by atoms with Gasteiger partial charge in [0.1, 0.15) is 0 Å². The van der Waals surface area contributed by atoms with Crippen LogP contribution < -0.4 is 0 Å². The molecule has 0 bridgehead atoms. The average Bonchev–Trinajstić information content (AvgIpc) is 2.40. The lowest BCUT2D eigenvalue weighted by Gasteiger charge is -2.18. The van der Waals surface area contributed by atoms with Gasteiger partial charge in [-0.3, -0.25) is 0 Å². The number of rotatable bonds is 3. The molecule has 2 rings (SSSR count). The Morgan fingerprint density at radius 1 is 0.944 bits per heavy atom. The van der Waals surface area contributed by atoms with Crippen LogP contribution in [0.25, 0.3) is 11.1 Å². The van der Waals surface area contributed by atoms with Crippen molar-refractivity contribution in [3.63, 3.8) is 0 Å². The molecule has 2 aromatic carbocycles. The van der Waals surface area contributed by atoms with Crippen LogP contribution in [-0.4, -0.2) is 0 Å². The van der Waals surface area contributed by atoms with Crippen LogP contribution in [0, 0.1) is 16.7 Å². The second-order valence-electron chi connectivity index (χ2n) is 5.20. The normalized spacial score (nSPS) is 10.9. The third-order valence-electron chi connectivity index (χ3n) is 3.04. The standard InChI is InChI=1S/C17H17N/c1-17(2,13-18)12-15-10-6-7-11-16(15)14-8-4-3-5-9-14/h3-11H,12H2,1-2H3. The van der Waals surface area contributed by atoms with E-state index in [1.165, 1.54) is 16.7 Å².